The fourth-order valence-corrected chi connectivity index (χ4v) is 3.60. The highest BCUT2D eigenvalue weighted by molar-refractivity contribution is 7.99. The zero-order chi connectivity index (χ0) is 21.7. The van der Waals surface area contributed by atoms with E-state index in [-0.39, 0.29) is 17.5 Å². The summed E-state index contributed by atoms with van der Waals surface area (Å²) in [6.07, 6.45) is -0.336. The van der Waals surface area contributed by atoms with E-state index in [1.54, 1.807) is 0 Å². The largest absolute Gasteiger partial charge is 0.483 e. The Kier molecular flexibility index (Phi) is 7.04. The highest BCUT2D eigenvalue weighted by Crippen LogP contribution is 2.25. The molecule has 1 heterocycles. The van der Waals surface area contributed by atoms with Gasteiger partial charge in [-0.2, -0.15) is 0 Å². The van der Waals surface area contributed by atoms with Crippen LogP contribution in [0.4, 0.5) is 14.5 Å². The van der Waals surface area contributed by atoms with Crippen LogP contribution in [0.5, 0.6) is 5.75 Å². The summed E-state index contributed by atoms with van der Waals surface area (Å²) >= 11 is 1.18. The van der Waals surface area contributed by atoms with Gasteiger partial charge in [-0.3, -0.25) is 4.79 Å². The van der Waals surface area contributed by atoms with Crippen LogP contribution in [-0.2, 0) is 11.3 Å². The van der Waals surface area contributed by atoms with E-state index in [4.69, 9.17) is 4.74 Å². The number of ether oxygens (including phenoxy) is 1. The molecule has 2 aromatic carbocycles. The molecule has 0 spiro atoms. The summed E-state index contributed by atoms with van der Waals surface area (Å²) in [5.74, 6) is -0.581. The highest BCUT2D eigenvalue weighted by Gasteiger charge is 2.19. The first kappa shape index (κ1) is 21.8. The van der Waals surface area contributed by atoms with Crippen molar-refractivity contribution in [3.63, 3.8) is 0 Å². The summed E-state index contributed by atoms with van der Waals surface area (Å²) < 4.78 is 34.5. The number of amides is 1. The number of carbonyl (C=O) groups is 1. The molecule has 1 atom stereocenters. The summed E-state index contributed by atoms with van der Waals surface area (Å²) in [5.41, 5.74) is 1.07. The minimum Gasteiger partial charge on any atom is -0.483 e. The SMILES string of the molecule is CCn1c(SCC(=O)Nc2ccc(F)cc2F)nnc1C(C)Oc1ccc(C)cc1. The predicted molar refractivity (Wildman–Crippen MR) is 112 cm³/mol. The fraction of sp³-hybridized carbons (Fsp3) is 0.286. The molecule has 3 rings (SSSR count). The van der Waals surface area contributed by atoms with Gasteiger partial charge in [-0.25, -0.2) is 8.78 Å². The molecule has 0 radical (unpaired) electrons. The number of rotatable bonds is 8. The quantitative estimate of drug-likeness (QED) is 0.520. The molecule has 0 saturated heterocycles. The number of benzene rings is 2. The molecule has 158 valence electrons. The third-order valence-electron chi connectivity index (χ3n) is 4.30. The van der Waals surface area contributed by atoms with Crippen molar-refractivity contribution < 1.29 is 18.3 Å². The van der Waals surface area contributed by atoms with Gasteiger partial charge in [0.15, 0.2) is 17.1 Å². The van der Waals surface area contributed by atoms with Crippen LogP contribution in [-0.4, -0.2) is 26.4 Å². The van der Waals surface area contributed by atoms with E-state index < -0.39 is 17.5 Å². The van der Waals surface area contributed by atoms with Crippen LogP contribution in [0.25, 0.3) is 0 Å². The van der Waals surface area contributed by atoms with Crippen LogP contribution in [0, 0.1) is 18.6 Å². The van der Waals surface area contributed by atoms with E-state index >= 15 is 0 Å². The molecule has 30 heavy (non-hydrogen) atoms. The van der Waals surface area contributed by atoms with E-state index in [2.05, 4.69) is 15.5 Å². The standard InChI is InChI=1S/C21H22F2N4O2S/c1-4-27-20(14(3)29-16-8-5-13(2)6-9-16)25-26-21(27)30-12-19(28)24-18-10-7-15(22)11-17(18)23/h5-11,14H,4,12H2,1-3H3,(H,24,28). The molecule has 3 aromatic rings. The third-order valence-corrected chi connectivity index (χ3v) is 5.26. The van der Waals surface area contributed by atoms with E-state index in [9.17, 15) is 13.6 Å². The normalized spacial score (nSPS) is 11.9. The fourth-order valence-electron chi connectivity index (χ4n) is 2.79. The average Bonchev–Trinajstić information content (AvgIpc) is 3.13. The van der Waals surface area contributed by atoms with Crippen molar-refractivity contribution in [2.24, 2.45) is 0 Å². The Morgan fingerprint density at radius 3 is 2.60 bits per heavy atom. The topological polar surface area (TPSA) is 69.0 Å². The molecule has 0 bridgehead atoms. The number of aromatic nitrogens is 3. The van der Waals surface area contributed by atoms with Gasteiger partial charge in [-0.05, 0) is 45.0 Å². The minimum atomic E-state index is -0.825. The lowest BCUT2D eigenvalue weighted by Crippen LogP contribution is -2.16. The van der Waals surface area contributed by atoms with Crippen molar-refractivity contribution in [2.45, 2.75) is 38.6 Å². The van der Waals surface area contributed by atoms with Gasteiger partial charge in [-0.1, -0.05) is 29.5 Å². The highest BCUT2D eigenvalue weighted by atomic mass is 32.2. The second-order valence-electron chi connectivity index (χ2n) is 6.62. The van der Waals surface area contributed by atoms with Crippen molar-refractivity contribution in [3.8, 4) is 5.75 Å². The first-order chi connectivity index (χ1) is 14.4. The summed E-state index contributed by atoms with van der Waals surface area (Å²) in [6.45, 7) is 6.43. The molecular weight excluding hydrogens is 410 g/mol. The molecule has 6 nitrogen and oxygen atoms in total. The van der Waals surface area contributed by atoms with Crippen LogP contribution in [0.3, 0.4) is 0 Å². The first-order valence-corrected chi connectivity index (χ1v) is 10.4. The molecule has 1 N–H and O–H groups in total. The second-order valence-corrected chi connectivity index (χ2v) is 7.56. The molecule has 1 aromatic heterocycles. The lowest BCUT2D eigenvalue weighted by atomic mass is 10.2. The van der Waals surface area contributed by atoms with Gasteiger partial charge in [0.05, 0.1) is 11.4 Å². The molecule has 9 heteroatoms. The number of hydrogen-bond acceptors (Lipinski definition) is 5. The van der Waals surface area contributed by atoms with Crippen molar-refractivity contribution in [1.82, 2.24) is 14.8 Å². The van der Waals surface area contributed by atoms with Gasteiger partial charge in [0.2, 0.25) is 5.91 Å². The molecule has 0 aliphatic carbocycles. The Balaban J connectivity index is 1.63. The number of carbonyl (C=O) groups excluding carboxylic acids is 1. The number of aryl methyl sites for hydroxylation is 1. The maximum absolute atomic E-state index is 13.7. The van der Waals surface area contributed by atoms with Crippen LogP contribution < -0.4 is 10.1 Å². The van der Waals surface area contributed by atoms with Crippen LogP contribution in [0.2, 0.25) is 0 Å². The number of thioether (sulfide) groups is 1. The van der Waals surface area contributed by atoms with Gasteiger partial charge in [0, 0.05) is 12.6 Å². The Morgan fingerprint density at radius 1 is 1.20 bits per heavy atom. The molecule has 0 saturated carbocycles. The molecule has 0 aliphatic rings. The van der Waals surface area contributed by atoms with Crippen molar-refractivity contribution in [1.29, 1.82) is 0 Å². The van der Waals surface area contributed by atoms with E-state index in [0.29, 0.717) is 17.5 Å². The summed E-state index contributed by atoms with van der Waals surface area (Å²) in [5, 5.41) is 11.4. The van der Waals surface area contributed by atoms with Gasteiger partial charge in [0.1, 0.15) is 17.4 Å². The first-order valence-electron chi connectivity index (χ1n) is 9.41. The minimum absolute atomic E-state index is 0.00213. The maximum atomic E-state index is 13.7. The average molecular weight is 432 g/mol. The molecular formula is C21H22F2N4O2S. The number of halogens is 2. The summed E-state index contributed by atoms with van der Waals surface area (Å²) in [7, 11) is 0. The lowest BCUT2D eigenvalue weighted by Gasteiger charge is -2.15. The van der Waals surface area contributed by atoms with Crippen LogP contribution in [0.15, 0.2) is 47.6 Å². The van der Waals surface area contributed by atoms with Crippen molar-refractivity contribution in [3.05, 3.63) is 65.5 Å². The number of anilines is 1. The molecule has 0 fully saturated rings. The second kappa shape index (κ2) is 9.71. The Morgan fingerprint density at radius 2 is 1.93 bits per heavy atom. The zero-order valence-electron chi connectivity index (χ0n) is 16.9. The van der Waals surface area contributed by atoms with Crippen molar-refractivity contribution >= 4 is 23.4 Å². The van der Waals surface area contributed by atoms with E-state index in [1.807, 2.05) is 49.6 Å². The summed E-state index contributed by atoms with van der Waals surface area (Å²) in [6, 6.07) is 10.7. The lowest BCUT2D eigenvalue weighted by molar-refractivity contribution is -0.113. The molecule has 1 unspecified atom stereocenters. The van der Waals surface area contributed by atoms with Gasteiger partial charge < -0.3 is 14.6 Å². The number of hydrogen-bond donors (Lipinski definition) is 1. The zero-order valence-corrected chi connectivity index (χ0v) is 17.7. The Bertz CT molecular complexity index is 1020. The monoisotopic (exact) mass is 432 g/mol. The maximum Gasteiger partial charge on any atom is 0.234 e. The molecule has 1 amide bonds. The Hall–Kier alpha value is -2.94. The van der Waals surface area contributed by atoms with Crippen LogP contribution >= 0.6 is 11.8 Å². The van der Waals surface area contributed by atoms with Gasteiger partial charge >= 0.3 is 0 Å². The Labute approximate surface area is 177 Å². The van der Waals surface area contributed by atoms with E-state index in [0.717, 1.165) is 23.4 Å². The third kappa shape index (κ3) is 5.35. The van der Waals surface area contributed by atoms with Crippen molar-refractivity contribution in [2.75, 3.05) is 11.1 Å². The number of nitrogens with zero attached hydrogens (tertiary/aromatic N) is 3. The summed E-state index contributed by atoms with van der Waals surface area (Å²) in [4.78, 5) is 12.2. The van der Waals surface area contributed by atoms with Crippen LogP contribution in [0.1, 0.15) is 31.3 Å². The smallest absolute Gasteiger partial charge is 0.234 e. The number of nitrogens with one attached hydrogen (secondary N) is 1. The van der Waals surface area contributed by atoms with E-state index in [1.165, 1.54) is 17.8 Å². The molecule has 0 aliphatic heterocycles. The van der Waals surface area contributed by atoms with Gasteiger partial charge in [-0.15, -0.1) is 10.2 Å². The predicted octanol–water partition coefficient (Wildman–Crippen LogP) is 4.76. The van der Waals surface area contributed by atoms with Gasteiger partial charge in [0.25, 0.3) is 0 Å².